The zero-order valence-electron chi connectivity index (χ0n) is 12.0. The second-order valence-corrected chi connectivity index (χ2v) is 6.14. The van der Waals surface area contributed by atoms with Crippen molar-refractivity contribution in [3.8, 4) is 0 Å². The minimum absolute atomic E-state index is 0.0386. The Labute approximate surface area is 124 Å². The topological polar surface area (TPSA) is 89.4 Å². The third kappa shape index (κ3) is 2.73. The van der Waals surface area contributed by atoms with E-state index >= 15 is 0 Å². The van der Waals surface area contributed by atoms with Crippen LogP contribution in [0.2, 0.25) is 0 Å². The van der Waals surface area contributed by atoms with Gasteiger partial charge in [-0.15, -0.1) is 0 Å². The number of benzene rings is 1. The summed E-state index contributed by atoms with van der Waals surface area (Å²) in [6.45, 7) is 0.313. The number of para-hydroxylation sites is 1. The largest absolute Gasteiger partial charge is 0.398 e. The molecule has 0 aromatic heterocycles. The third-order valence-corrected chi connectivity index (χ3v) is 4.77. The minimum Gasteiger partial charge on any atom is -0.398 e. The summed E-state index contributed by atoms with van der Waals surface area (Å²) >= 11 is 0. The van der Waals surface area contributed by atoms with Gasteiger partial charge in [-0.25, -0.2) is 0 Å². The molecule has 1 aromatic carbocycles. The summed E-state index contributed by atoms with van der Waals surface area (Å²) in [7, 11) is 0. The number of hydrogen-bond donors (Lipinski definition) is 2. The highest BCUT2D eigenvalue weighted by Crippen LogP contribution is 2.58. The summed E-state index contributed by atoms with van der Waals surface area (Å²) in [6, 6.07) is 7.41. The number of carbonyl (C=O) groups is 2. The van der Waals surface area contributed by atoms with E-state index in [0.29, 0.717) is 24.1 Å². The van der Waals surface area contributed by atoms with Gasteiger partial charge in [-0.05, 0) is 36.3 Å². The molecule has 21 heavy (non-hydrogen) atoms. The fourth-order valence-corrected chi connectivity index (χ4v) is 3.68. The molecule has 0 heterocycles. The predicted octanol–water partition coefficient (Wildman–Crippen LogP) is 1.13. The number of amides is 2. The third-order valence-electron chi connectivity index (χ3n) is 4.77. The van der Waals surface area contributed by atoms with Gasteiger partial charge in [0, 0.05) is 18.2 Å². The van der Waals surface area contributed by atoms with E-state index in [-0.39, 0.29) is 18.4 Å². The van der Waals surface area contributed by atoms with E-state index in [4.69, 9.17) is 11.5 Å². The van der Waals surface area contributed by atoms with Crippen LogP contribution in [0.15, 0.2) is 24.3 Å². The Morgan fingerprint density at radius 2 is 1.86 bits per heavy atom. The quantitative estimate of drug-likeness (QED) is 0.795. The first-order valence-corrected chi connectivity index (χ1v) is 7.48. The number of nitrogens with two attached hydrogens (primary N) is 2. The van der Waals surface area contributed by atoms with Crippen LogP contribution in [-0.2, 0) is 16.1 Å². The Bertz CT molecular complexity index is 562. The number of rotatable bonds is 5. The number of hydrogen-bond acceptors (Lipinski definition) is 3. The normalized spacial score (nSPS) is 26.2. The van der Waals surface area contributed by atoms with E-state index in [1.165, 1.54) is 6.42 Å². The van der Waals surface area contributed by atoms with Crippen LogP contribution in [0.1, 0.15) is 24.8 Å². The van der Waals surface area contributed by atoms with Crippen molar-refractivity contribution in [2.75, 3.05) is 12.3 Å². The smallest absolute Gasteiger partial charge is 0.237 e. The van der Waals surface area contributed by atoms with Crippen LogP contribution in [-0.4, -0.2) is 23.3 Å². The van der Waals surface area contributed by atoms with E-state index in [1.54, 1.807) is 11.0 Å². The Kier molecular flexibility index (Phi) is 3.57. The average Bonchev–Trinajstić information content (AvgIpc) is 2.91. The van der Waals surface area contributed by atoms with Crippen molar-refractivity contribution in [2.24, 2.45) is 23.5 Å². The summed E-state index contributed by atoms with van der Waals surface area (Å²) in [4.78, 5) is 25.5. The summed E-state index contributed by atoms with van der Waals surface area (Å²) < 4.78 is 0. The van der Waals surface area contributed by atoms with E-state index < -0.39 is 5.91 Å². The monoisotopic (exact) mass is 287 g/mol. The van der Waals surface area contributed by atoms with Gasteiger partial charge >= 0.3 is 0 Å². The zero-order valence-corrected chi connectivity index (χ0v) is 12.0. The first kappa shape index (κ1) is 13.9. The molecule has 3 rings (SSSR count). The van der Waals surface area contributed by atoms with E-state index in [0.717, 1.165) is 18.4 Å². The van der Waals surface area contributed by atoms with Crippen molar-refractivity contribution in [1.29, 1.82) is 0 Å². The Morgan fingerprint density at radius 3 is 2.48 bits per heavy atom. The van der Waals surface area contributed by atoms with Gasteiger partial charge in [0.15, 0.2) is 0 Å². The lowest BCUT2D eigenvalue weighted by Gasteiger charge is -2.23. The lowest BCUT2D eigenvalue weighted by Crippen LogP contribution is -2.39. The fraction of sp³-hybridized carbons (Fsp3) is 0.500. The van der Waals surface area contributed by atoms with Gasteiger partial charge < -0.3 is 16.4 Å². The Morgan fingerprint density at radius 1 is 1.19 bits per heavy atom. The van der Waals surface area contributed by atoms with Crippen molar-refractivity contribution >= 4 is 17.5 Å². The van der Waals surface area contributed by atoms with Crippen LogP contribution in [0.5, 0.6) is 0 Å². The molecule has 2 aliphatic rings. The molecule has 5 heteroatoms. The summed E-state index contributed by atoms with van der Waals surface area (Å²) in [5.41, 5.74) is 12.7. The molecule has 112 valence electrons. The first-order valence-electron chi connectivity index (χ1n) is 7.48. The molecular formula is C16H21N3O2. The SMILES string of the molecule is NC(=O)CN(Cc1ccccc1N)C(=O)C1C2CCCC21. The Hall–Kier alpha value is -2.04. The first-order chi connectivity index (χ1) is 10.1. The van der Waals surface area contributed by atoms with Gasteiger partial charge in [0.05, 0.1) is 6.54 Å². The maximum absolute atomic E-state index is 12.6. The fourth-order valence-electron chi connectivity index (χ4n) is 3.68. The number of nitrogens with zero attached hydrogens (tertiary/aromatic N) is 1. The molecule has 1 aromatic rings. The molecule has 0 bridgehead atoms. The molecule has 0 aliphatic heterocycles. The number of primary amides is 1. The molecule has 0 saturated heterocycles. The molecule has 2 aliphatic carbocycles. The lowest BCUT2D eigenvalue weighted by molar-refractivity contribution is -0.137. The second kappa shape index (κ2) is 5.39. The molecule has 2 unspecified atom stereocenters. The van der Waals surface area contributed by atoms with Crippen molar-refractivity contribution < 1.29 is 9.59 Å². The highest BCUT2D eigenvalue weighted by atomic mass is 16.2. The average molecular weight is 287 g/mol. The van der Waals surface area contributed by atoms with Gasteiger partial charge in [-0.2, -0.15) is 0 Å². The molecule has 0 spiro atoms. The second-order valence-electron chi connectivity index (χ2n) is 6.14. The minimum atomic E-state index is -0.483. The van der Waals surface area contributed by atoms with Crippen molar-refractivity contribution in [1.82, 2.24) is 4.90 Å². The van der Waals surface area contributed by atoms with Crippen molar-refractivity contribution in [3.05, 3.63) is 29.8 Å². The van der Waals surface area contributed by atoms with Gasteiger partial charge in [0.1, 0.15) is 0 Å². The molecule has 0 radical (unpaired) electrons. The van der Waals surface area contributed by atoms with E-state index in [1.807, 2.05) is 18.2 Å². The van der Waals surface area contributed by atoms with Crippen LogP contribution >= 0.6 is 0 Å². The molecule has 5 nitrogen and oxygen atoms in total. The van der Waals surface area contributed by atoms with Crippen molar-refractivity contribution in [2.45, 2.75) is 25.8 Å². The number of anilines is 1. The molecular weight excluding hydrogens is 266 g/mol. The van der Waals surface area contributed by atoms with Crippen LogP contribution in [0.25, 0.3) is 0 Å². The van der Waals surface area contributed by atoms with Gasteiger partial charge in [0.2, 0.25) is 11.8 Å². The summed E-state index contributed by atoms with van der Waals surface area (Å²) in [5, 5.41) is 0. The summed E-state index contributed by atoms with van der Waals surface area (Å²) in [5.74, 6) is 0.737. The van der Waals surface area contributed by atoms with Crippen LogP contribution in [0, 0.1) is 17.8 Å². The highest BCUT2D eigenvalue weighted by molar-refractivity contribution is 5.87. The van der Waals surface area contributed by atoms with Crippen LogP contribution in [0.3, 0.4) is 0 Å². The number of nitrogen functional groups attached to an aromatic ring is 1. The number of fused-ring (bicyclic) bond motifs is 1. The maximum Gasteiger partial charge on any atom is 0.237 e. The van der Waals surface area contributed by atoms with Gasteiger partial charge in [-0.1, -0.05) is 24.6 Å². The maximum atomic E-state index is 12.6. The standard InChI is InChI=1S/C16H21N3O2/c17-13-7-2-1-4-10(13)8-19(9-14(18)20)16(21)15-11-5-3-6-12(11)15/h1-2,4,7,11-12,15H,3,5-6,8-9,17H2,(H2,18,20). The lowest BCUT2D eigenvalue weighted by atomic mass is 10.1. The van der Waals surface area contributed by atoms with Crippen LogP contribution in [0.4, 0.5) is 5.69 Å². The van der Waals surface area contributed by atoms with E-state index in [9.17, 15) is 9.59 Å². The number of carbonyl (C=O) groups excluding carboxylic acids is 2. The Balaban J connectivity index is 1.73. The molecule has 2 atom stereocenters. The molecule has 2 saturated carbocycles. The van der Waals surface area contributed by atoms with Gasteiger partial charge in [-0.3, -0.25) is 9.59 Å². The predicted molar refractivity (Wildman–Crippen MR) is 79.8 cm³/mol. The molecule has 4 N–H and O–H groups in total. The van der Waals surface area contributed by atoms with Gasteiger partial charge in [0.25, 0.3) is 0 Å². The van der Waals surface area contributed by atoms with Crippen LogP contribution < -0.4 is 11.5 Å². The zero-order chi connectivity index (χ0) is 15.0. The highest BCUT2D eigenvalue weighted by Gasteiger charge is 2.57. The molecule has 2 fully saturated rings. The molecule has 2 amide bonds. The summed E-state index contributed by atoms with van der Waals surface area (Å²) in [6.07, 6.45) is 3.50. The van der Waals surface area contributed by atoms with E-state index in [2.05, 4.69) is 0 Å². The van der Waals surface area contributed by atoms with Crippen molar-refractivity contribution in [3.63, 3.8) is 0 Å².